The Kier molecular flexibility index (Phi) is 4.61. The number of hydrogen-bond acceptors (Lipinski definition) is 3. The Morgan fingerprint density at radius 2 is 2.00 bits per heavy atom. The smallest absolute Gasteiger partial charge is 0.242 e. The van der Waals surface area contributed by atoms with E-state index in [1.165, 1.54) is 0 Å². The summed E-state index contributed by atoms with van der Waals surface area (Å²) in [7, 11) is 1.64. The molecule has 0 spiro atoms. The van der Waals surface area contributed by atoms with Crippen LogP contribution in [0.2, 0.25) is 0 Å². The van der Waals surface area contributed by atoms with E-state index in [2.05, 4.69) is 5.32 Å². The van der Waals surface area contributed by atoms with Crippen molar-refractivity contribution in [2.45, 2.75) is 25.8 Å². The quantitative estimate of drug-likeness (QED) is 0.891. The average molecular weight is 276 g/mol. The first-order valence-corrected chi connectivity index (χ1v) is 6.79. The molecule has 0 aromatic heterocycles. The maximum absolute atomic E-state index is 12.0. The van der Waals surface area contributed by atoms with Crippen molar-refractivity contribution in [3.8, 4) is 5.75 Å². The van der Waals surface area contributed by atoms with E-state index in [1.54, 1.807) is 12.0 Å². The Morgan fingerprint density at radius 1 is 1.30 bits per heavy atom. The first-order chi connectivity index (χ1) is 9.60. The minimum atomic E-state index is -0.0576. The van der Waals surface area contributed by atoms with E-state index in [9.17, 15) is 9.59 Å². The maximum atomic E-state index is 12.0. The highest BCUT2D eigenvalue weighted by Gasteiger charge is 2.25. The Labute approximate surface area is 118 Å². The van der Waals surface area contributed by atoms with E-state index in [0.29, 0.717) is 13.0 Å². The summed E-state index contributed by atoms with van der Waals surface area (Å²) in [5.74, 6) is 0.748. The van der Waals surface area contributed by atoms with Gasteiger partial charge in [-0.15, -0.1) is 0 Å². The predicted octanol–water partition coefficient (Wildman–Crippen LogP) is 0.975. The van der Waals surface area contributed by atoms with Crippen molar-refractivity contribution in [2.75, 3.05) is 20.2 Å². The molecule has 1 heterocycles. The SMILES string of the molecule is COc1ccc(CCN2C(=O)CNC(=O)CC2C)cc1. The Morgan fingerprint density at radius 3 is 2.65 bits per heavy atom. The summed E-state index contributed by atoms with van der Waals surface area (Å²) in [6, 6.07) is 7.76. The highest BCUT2D eigenvalue weighted by atomic mass is 16.5. The third-order valence-corrected chi connectivity index (χ3v) is 3.57. The topological polar surface area (TPSA) is 58.6 Å². The molecule has 20 heavy (non-hydrogen) atoms. The van der Waals surface area contributed by atoms with Gasteiger partial charge in [0.25, 0.3) is 0 Å². The monoisotopic (exact) mass is 276 g/mol. The number of ether oxygens (including phenoxy) is 1. The molecule has 5 nitrogen and oxygen atoms in total. The fourth-order valence-electron chi connectivity index (χ4n) is 2.36. The van der Waals surface area contributed by atoms with Gasteiger partial charge in [-0.2, -0.15) is 0 Å². The van der Waals surface area contributed by atoms with E-state index in [-0.39, 0.29) is 24.4 Å². The number of carbonyl (C=O) groups is 2. The van der Waals surface area contributed by atoms with Crippen LogP contribution in [0.15, 0.2) is 24.3 Å². The Bertz CT molecular complexity index is 484. The summed E-state index contributed by atoms with van der Waals surface area (Å²) in [5, 5.41) is 2.62. The number of rotatable bonds is 4. The molecule has 2 amide bonds. The molecule has 1 unspecified atom stereocenters. The molecule has 0 bridgehead atoms. The number of hydrogen-bond donors (Lipinski definition) is 1. The summed E-state index contributed by atoms with van der Waals surface area (Å²) in [6.45, 7) is 2.64. The molecule has 5 heteroatoms. The molecule has 1 aromatic rings. The molecule has 1 fully saturated rings. The number of methoxy groups -OCH3 is 1. The van der Waals surface area contributed by atoms with Crippen molar-refractivity contribution in [2.24, 2.45) is 0 Å². The van der Waals surface area contributed by atoms with Crippen molar-refractivity contribution in [3.63, 3.8) is 0 Å². The lowest BCUT2D eigenvalue weighted by atomic mass is 10.1. The largest absolute Gasteiger partial charge is 0.497 e. The van der Waals surface area contributed by atoms with Crippen LogP contribution in [0.4, 0.5) is 0 Å². The highest BCUT2D eigenvalue weighted by molar-refractivity contribution is 5.87. The molecule has 0 aliphatic carbocycles. The van der Waals surface area contributed by atoms with Crippen molar-refractivity contribution in [3.05, 3.63) is 29.8 Å². The molecule has 0 radical (unpaired) electrons. The second kappa shape index (κ2) is 6.41. The summed E-state index contributed by atoms with van der Waals surface area (Å²) in [6.07, 6.45) is 1.14. The van der Waals surface area contributed by atoms with Crippen LogP contribution < -0.4 is 10.1 Å². The maximum Gasteiger partial charge on any atom is 0.242 e. The van der Waals surface area contributed by atoms with E-state index in [0.717, 1.165) is 17.7 Å². The number of carbonyl (C=O) groups excluding carboxylic acids is 2. The standard InChI is InChI=1S/C15H20N2O3/c1-11-9-14(18)16-10-15(19)17(11)8-7-12-3-5-13(20-2)6-4-12/h3-6,11H,7-10H2,1-2H3,(H,16,18). The number of benzene rings is 1. The minimum Gasteiger partial charge on any atom is -0.497 e. The van der Waals surface area contributed by atoms with Crippen molar-refractivity contribution in [1.29, 1.82) is 0 Å². The van der Waals surface area contributed by atoms with Crippen molar-refractivity contribution < 1.29 is 14.3 Å². The molecule has 2 rings (SSSR count). The molecule has 1 aromatic carbocycles. The minimum absolute atomic E-state index is 0.0168. The molecular weight excluding hydrogens is 256 g/mol. The van der Waals surface area contributed by atoms with Gasteiger partial charge in [-0.25, -0.2) is 0 Å². The van der Waals surface area contributed by atoms with Gasteiger partial charge in [0, 0.05) is 19.0 Å². The molecule has 0 saturated carbocycles. The zero-order valence-corrected chi connectivity index (χ0v) is 11.9. The summed E-state index contributed by atoms with van der Waals surface area (Å²) in [4.78, 5) is 25.2. The fraction of sp³-hybridized carbons (Fsp3) is 0.467. The van der Waals surface area contributed by atoms with Gasteiger partial charge in [-0.3, -0.25) is 9.59 Å². The van der Waals surface area contributed by atoms with Crippen molar-refractivity contribution >= 4 is 11.8 Å². The van der Waals surface area contributed by atoms with Gasteiger partial charge < -0.3 is 15.0 Å². The second-order valence-electron chi connectivity index (χ2n) is 5.02. The van der Waals surface area contributed by atoms with Gasteiger partial charge >= 0.3 is 0 Å². The predicted molar refractivity (Wildman–Crippen MR) is 75.5 cm³/mol. The molecule has 1 saturated heterocycles. The van der Waals surface area contributed by atoms with E-state index < -0.39 is 0 Å². The highest BCUT2D eigenvalue weighted by Crippen LogP contribution is 2.14. The van der Waals surface area contributed by atoms with Crippen LogP contribution >= 0.6 is 0 Å². The zero-order chi connectivity index (χ0) is 14.5. The second-order valence-corrected chi connectivity index (χ2v) is 5.02. The normalized spacial score (nSPS) is 19.5. The lowest BCUT2D eigenvalue weighted by Crippen LogP contribution is -2.40. The lowest BCUT2D eigenvalue weighted by molar-refractivity contribution is -0.131. The average Bonchev–Trinajstić information content (AvgIpc) is 2.57. The van der Waals surface area contributed by atoms with E-state index in [1.807, 2.05) is 31.2 Å². The van der Waals surface area contributed by atoms with Crippen molar-refractivity contribution in [1.82, 2.24) is 10.2 Å². The van der Waals surface area contributed by atoms with Crippen LogP contribution in [0, 0.1) is 0 Å². The van der Waals surface area contributed by atoms with Crippen LogP contribution in [-0.4, -0.2) is 43.0 Å². The number of amides is 2. The van der Waals surface area contributed by atoms with Gasteiger partial charge in [0.2, 0.25) is 11.8 Å². The molecule has 1 aliphatic heterocycles. The van der Waals surface area contributed by atoms with Crippen LogP contribution in [0.25, 0.3) is 0 Å². The van der Waals surface area contributed by atoms with Gasteiger partial charge in [0.05, 0.1) is 13.7 Å². The summed E-state index contributed by atoms with van der Waals surface area (Å²) in [5.41, 5.74) is 1.15. The van der Waals surface area contributed by atoms with Gasteiger partial charge in [-0.1, -0.05) is 12.1 Å². The summed E-state index contributed by atoms with van der Waals surface area (Å²) >= 11 is 0. The Balaban J connectivity index is 1.97. The Hall–Kier alpha value is -2.04. The first kappa shape index (κ1) is 14.4. The lowest BCUT2D eigenvalue weighted by Gasteiger charge is -2.26. The number of nitrogens with zero attached hydrogens (tertiary/aromatic N) is 1. The molecule has 1 N–H and O–H groups in total. The molecular formula is C15H20N2O3. The molecule has 1 atom stereocenters. The number of nitrogens with one attached hydrogen (secondary N) is 1. The van der Waals surface area contributed by atoms with Crippen LogP contribution in [0.3, 0.4) is 0 Å². The molecule has 108 valence electrons. The zero-order valence-electron chi connectivity index (χ0n) is 11.9. The first-order valence-electron chi connectivity index (χ1n) is 6.79. The fourth-order valence-corrected chi connectivity index (χ4v) is 2.36. The van der Waals surface area contributed by atoms with Gasteiger partial charge in [0.1, 0.15) is 5.75 Å². The third kappa shape index (κ3) is 3.50. The summed E-state index contributed by atoms with van der Waals surface area (Å²) < 4.78 is 5.12. The van der Waals surface area contributed by atoms with Gasteiger partial charge in [0.15, 0.2) is 0 Å². The van der Waals surface area contributed by atoms with Gasteiger partial charge in [-0.05, 0) is 31.0 Å². The van der Waals surface area contributed by atoms with E-state index in [4.69, 9.17) is 4.74 Å². The third-order valence-electron chi connectivity index (χ3n) is 3.57. The van der Waals surface area contributed by atoms with Crippen LogP contribution in [0.1, 0.15) is 18.9 Å². The van der Waals surface area contributed by atoms with Crippen LogP contribution in [0.5, 0.6) is 5.75 Å². The molecule has 1 aliphatic rings. The van der Waals surface area contributed by atoms with E-state index >= 15 is 0 Å². The van der Waals surface area contributed by atoms with Crippen LogP contribution in [-0.2, 0) is 16.0 Å².